The van der Waals surface area contributed by atoms with E-state index < -0.39 is 0 Å². The van der Waals surface area contributed by atoms with Crippen molar-refractivity contribution in [3.05, 3.63) is 65.7 Å². The summed E-state index contributed by atoms with van der Waals surface area (Å²) in [7, 11) is 0. The summed E-state index contributed by atoms with van der Waals surface area (Å²) in [4.78, 5) is 31.8. The number of aromatic nitrogens is 2. The average molecular weight is 504 g/mol. The van der Waals surface area contributed by atoms with Gasteiger partial charge in [-0.05, 0) is 61.7 Å². The lowest BCUT2D eigenvalue weighted by atomic mass is 9.86. The summed E-state index contributed by atoms with van der Waals surface area (Å²) in [5.74, 6) is 1.89. The van der Waals surface area contributed by atoms with Crippen LogP contribution >= 0.6 is 0 Å². The molecule has 2 aromatic heterocycles. The normalized spacial score (nSPS) is 20.9. The smallest absolute Gasteiger partial charge is 0.274 e. The highest BCUT2D eigenvalue weighted by molar-refractivity contribution is 6.02. The van der Waals surface area contributed by atoms with Crippen molar-refractivity contribution in [2.45, 2.75) is 51.6 Å². The van der Waals surface area contributed by atoms with Crippen LogP contribution in [0.25, 0.3) is 0 Å². The summed E-state index contributed by atoms with van der Waals surface area (Å²) in [6.45, 7) is 9.33. The molecule has 3 saturated heterocycles. The number of hydrogen-bond acceptors (Lipinski definition) is 7. The van der Waals surface area contributed by atoms with Gasteiger partial charge in [0.1, 0.15) is 23.3 Å². The zero-order valence-corrected chi connectivity index (χ0v) is 21.5. The highest BCUT2D eigenvalue weighted by Gasteiger charge is 2.35. The third-order valence-electron chi connectivity index (χ3n) is 6.95. The van der Waals surface area contributed by atoms with Gasteiger partial charge in [0.15, 0.2) is 5.82 Å². The molecule has 3 aliphatic heterocycles. The number of nitrogens with one attached hydrogen (secondary N) is 2. The highest BCUT2D eigenvalue weighted by atomic mass is 16.5. The summed E-state index contributed by atoms with van der Waals surface area (Å²) >= 11 is 0. The van der Waals surface area contributed by atoms with E-state index in [-0.39, 0.29) is 29.8 Å². The van der Waals surface area contributed by atoms with E-state index >= 15 is 0 Å². The Hall–Kier alpha value is -3.72. The molecule has 5 heterocycles. The van der Waals surface area contributed by atoms with Crippen LogP contribution in [0.1, 0.15) is 55.4 Å². The van der Waals surface area contributed by atoms with Gasteiger partial charge in [-0.2, -0.15) is 0 Å². The zero-order chi connectivity index (χ0) is 26.0. The Kier molecular flexibility index (Phi) is 6.97. The summed E-state index contributed by atoms with van der Waals surface area (Å²) in [6.07, 6.45) is 4.35. The first kappa shape index (κ1) is 25.0. The van der Waals surface area contributed by atoms with E-state index in [9.17, 15) is 9.59 Å². The molecule has 3 aromatic rings. The van der Waals surface area contributed by atoms with E-state index in [1.165, 1.54) is 12.8 Å². The van der Waals surface area contributed by atoms with Crippen LogP contribution in [0.3, 0.4) is 0 Å². The van der Waals surface area contributed by atoms with Gasteiger partial charge in [-0.3, -0.25) is 14.5 Å². The number of nitrogens with zero attached hydrogens (tertiary/aromatic N) is 3. The van der Waals surface area contributed by atoms with Gasteiger partial charge in [-0.15, -0.1) is 0 Å². The number of ether oxygens (including phenoxy) is 1. The molecule has 3 fully saturated rings. The van der Waals surface area contributed by atoms with E-state index in [1.807, 2.05) is 20.8 Å². The second kappa shape index (κ2) is 10.3. The van der Waals surface area contributed by atoms with Crippen LogP contribution in [0.15, 0.2) is 53.2 Å². The number of hydrogen-bond donors (Lipinski definition) is 2. The number of pyridine rings is 1. The van der Waals surface area contributed by atoms with Gasteiger partial charge in [0.2, 0.25) is 5.91 Å². The third-order valence-corrected chi connectivity index (χ3v) is 6.95. The number of benzene rings is 1. The molecule has 194 valence electrons. The lowest BCUT2D eigenvalue weighted by Gasteiger charge is -2.44. The van der Waals surface area contributed by atoms with Crippen LogP contribution in [-0.2, 0) is 16.6 Å². The van der Waals surface area contributed by atoms with Crippen LogP contribution in [0.2, 0.25) is 0 Å². The summed E-state index contributed by atoms with van der Waals surface area (Å²) < 4.78 is 11.5. The monoisotopic (exact) mass is 503 g/mol. The fourth-order valence-electron chi connectivity index (χ4n) is 4.76. The molecule has 0 saturated carbocycles. The van der Waals surface area contributed by atoms with Crippen molar-refractivity contribution in [3.63, 3.8) is 0 Å². The molecule has 0 radical (unpaired) electrons. The summed E-state index contributed by atoms with van der Waals surface area (Å²) in [5, 5.41) is 9.51. The number of rotatable bonds is 7. The maximum Gasteiger partial charge on any atom is 0.274 e. The lowest BCUT2D eigenvalue weighted by Crippen LogP contribution is -2.52. The van der Waals surface area contributed by atoms with Crippen LogP contribution in [0, 0.1) is 5.92 Å². The minimum absolute atomic E-state index is 0.175. The van der Waals surface area contributed by atoms with E-state index in [2.05, 4.69) is 25.7 Å². The van der Waals surface area contributed by atoms with E-state index in [1.54, 1.807) is 48.7 Å². The molecule has 0 aliphatic carbocycles. The Morgan fingerprint density at radius 3 is 2.43 bits per heavy atom. The molecule has 2 bridgehead atoms. The maximum atomic E-state index is 12.7. The van der Waals surface area contributed by atoms with Gasteiger partial charge in [0.25, 0.3) is 5.91 Å². The van der Waals surface area contributed by atoms with Crippen molar-refractivity contribution >= 4 is 23.3 Å². The first-order valence-electron chi connectivity index (χ1n) is 12.8. The first-order valence-corrected chi connectivity index (χ1v) is 12.8. The molecule has 0 spiro atoms. The number of piperidine rings is 3. The first-order chi connectivity index (χ1) is 17.7. The Balaban J connectivity index is 1.11. The number of anilines is 2. The highest BCUT2D eigenvalue weighted by Crippen LogP contribution is 2.30. The van der Waals surface area contributed by atoms with Gasteiger partial charge in [-0.1, -0.05) is 38.1 Å². The second-order valence-corrected chi connectivity index (χ2v) is 10.9. The fourth-order valence-corrected chi connectivity index (χ4v) is 4.76. The van der Waals surface area contributed by atoms with Crippen molar-refractivity contribution in [1.82, 2.24) is 15.0 Å². The van der Waals surface area contributed by atoms with Gasteiger partial charge >= 0.3 is 0 Å². The number of amides is 2. The number of carbonyl (C=O) groups excluding carboxylic acids is 2. The topological polar surface area (TPSA) is 110 Å². The standard InChI is InChI=1S/C28H33N5O4/c1-28(2,3)24-15-25(32-37-24)31-26(34)14-18-4-6-20(7-5-18)30-27(35)22-9-8-21(16-29-22)36-23-17-33-12-10-19(23)11-13-33/h4-9,15-16,19,23H,10-14,17H2,1-3H3,(H,30,35)(H,31,32,34). The van der Waals surface area contributed by atoms with Gasteiger partial charge < -0.3 is 19.9 Å². The largest absolute Gasteiger partial charge is 0.487 e. The fraction of sp³-hybridized carbons (Fsp3) is 0.429. The minimum Gasteiger partial charge on any atom is -0.487 e. The molecule has 3 aliphatic rings. The van der Waals surface area contributed by atoms with E-state index in [0.29, 0.717) is 34.6 Å². The van der Waals surface area contributed by atoms with Crippen molar-refractivity contribution in [1.29, 1.82) is 0 Å². The lowest BCUT2D eigenvalue weighted by molar-refractivity contribution is -0.115. The predicted octanol–water partition coefficient (Wildman–Crippen LogP) is 4.27. The van der Waals surface area contributed by atoms with Gasteiger partial charge in [0.05, 0.1) is 12.6 Å². The molecule has 2 N–H and O–H groups in total. The molecule has 1 unspecified atom stereocenters. The number of carbonyl (C=O) groups is 2. The molecule has 9 nitrogen and oxygen atoms in total. The van der Waals surface area contributed by atoms with Gasteiger partial charge in [0, 0.05) is 23.7 Å². The van der Waals surface area contributed by atoms with Crippen molar-refractivity contribution in [2.75, 3.05) is 30.3 Å². The zero-order valence-electron chi connectivity index (χ0n) is 21.5. The van der Waals surface area contributed by atoms with Crippen LogP contribution in [-0.4, -0.2) is 52.6 Å². The molecule has 2 amide bonds. The summed E-state index contributed by atoms with van der Waals surface area (Å²) in [6, 6.07) is 12.4. The predicted molar refractivity (Wildman–Crippen MR) is 140 cm³/mol. The Morgan fingerprint density at radius 2 is 1.84 bits per heavy atom. The molecule has 6 rings (SSSR count). The number of fused-ring (bicyclic) bond motifs is 3. The van der Waals surface area contributed by atoms with Crippen LogP contribution in [0.5, 0.6) is 5.75 Å². The van der Waals surface area contributed by atoms with Crippen molar-refractivity contribution in [3.8, 4) is 5.75 Å². The van der Waals surface area contributed by atoms with E-state index in [0.717, 1.165) is 25.2 Å². The average Bonchev–Trinajstić information content (AvgIpc) is 3.35. The Bertz CT molecular complexity index is 1240. The SMILES string of the molecule is CC(C)(C)c1cc(NC(=O)Cc2ccc(NC(=O)c3ccc(OC4CN5CCC4CC5)cn3)cc2)no1. The molecular formula is C28H33N5O4. The van der Waals surface area contributed by atoms with Crippen molar-refractivity contribution in [2.24, 2.45) is 5.92 Å². The third kappa shape index (κ3) is 6.17. The molecule has 1 aromatic carbocycles. The molecule has 37 heavy (non-hydrogen) atoms. The quantitative estimate of drug-likeness (QED) is 0.495. The van der Waals surface area contributed by atoms with Crippen molar-refractivity contribution < 1.29 is 18.8 Å². The van der Waals surface area contributed by atoms with Gasteiger partial charge in [-0.25, -0.2) is 4.98 Å². The Labute approximate surface area is 216 Å². The minimum atomic E-state index is -0.305. The molecule has 9 heteroatoms. The Morgan fingerprint density at radius 1 is 1.08 bits per heavy atom. The van der Waals surface area contributed by atoms with Crippen LogP contribution in [0.4, 0.5) is 11.5 Å². The molecule has 1 atom stereocenters. The van der Waals surface area contributed by atoms with Crippen LogP contribution < -0.4 is 15.4 Å². The molecular weight excluding hydrogens is 470 g/mol. The second-order valence-electron chi connectivity index (χ2n) is 10.9. The van der Waals surface area contributed by atoms with E-state index in [4.69, 9.17) is 9.26 Å². The summed E-state index contributed by atoms with van der Waals surface area (Å²) in [5.41, 5.74) is 1.55. The maximum absolute atomic E-state index is 12.7.